The maximum atomic E-state index is 13.8. The molecule has 0 saturated carbocycles. The van der Waals surface area contributed by atoms with E-state index in [0.717, 1.165) is 0 Å². The molecular weight excluding hydrogens is 259 g/mol. The molecule has 0 spiro atoms. The summed E-state index contributed by atoms with van der Waals surface area (Å²) in [5.74, 6) is 1.71. The Hall–Kier alpha value is -1.57. The molecule has 1 aliphatic rings. The first kappa shape index (κ1) is 14.8. The molecule has 108 valence electrons. The van der Waals surface area contributed by atoms with E-state index in [-0.39, 0.29) is 12.4 Å². The molecular formula is C16H19FO3. The van der Waals surface area contributed by atoms with E-state index >= 15 is 0 Å². The lowest BCUT2D eigenvalue weighted by Gasteiger charge is -2.29. The Morgan fingerprint density at radius 2 is 2.15 bits per heavy atom. The summed E-state index contributed by atoms with van der Waals surface area (Å²) in [6.07, 6.45) is 5.82. The summed E-state index contributed by atoms with van der Waals surface area (Å²) in [5, 5.41) is 0. The van der Waals surface area contributed by atoms with Gasteiger partial charge in [-0.15, -0.1) is 6.42 Å². The van der Waals surface area contributed by atoms with E-state index in [4.69, 9.17) is 20.6 Å². The lowest BCUT2D eigenvalue weighted by atomic mass is 9.91. The third kappa shape index (κ3) is 2.95. The third-order valence-corrected chi connectivity index (χ3v) is 3.38. The molecule has 2 rings (SSSR count). The molecule has 0 aromatic heterocycles. The average molecular weight is 278 g/mol. The van der Waals surface area contributed by atoms with Crippen LogP contribution in [-0.4, -0.2) is 19.0 Å². The number of ether oxygens (including phenoxy) is 3. The van der Waals surface area contributed by atoms with E-state index in [9.17, 15) is 4.39 Å². The molecule has 0 bridgehead atoms. The summed E-state index contributed by atoms with van der Waals surface area (Å²) in [6.45, 7) is 6.16. The molecule has 1 fully saturated rings. The summed E-state index contributed by atoms with van der Waals surface area (Å²) in [5.41, 5.74) is 0.0532. The number of terminal acetylenes is 1. The molecule has 1 aromatic rings. The standard InChI is InChI=1S/C16H19FO3/c1-5-7-18-14-9-12(8-13(17)10-14)16(6-2)11-19-15(3,4)20-16/h1,8-10H,6-7,11H2,2-4H3. The second-order valence-corrected chi connectivity index (χ2v) is 5.31. The largest absolute Gasteiger partial charge is 0.481 e. The molecule has 3 nitrogen and oxygen atoms in total. The molecule has 0 amide bonds. The van der Waals surface area contributed by atoms with Gasteiger partial charge in [-0.3, -0.25) is 0 Å². The number of benzene rings is 1. The highest BCUT2D eigenvalue weighted by Gasteiger charge is 2.45. The first-order valence-electron chi connectivity index (χ1n) is 6.62. The highest BCUT2D eigenvalue weighted by atomic mass is 19.1. The fourth-order valence-electron chi connectivity index (χ4n) is 2.37. The van der Waals surface area contributed by atoms with Gasteiger partial charge in [-0.05, 0) is 38.0 Å². The van der Waals surface area contributed by atoms with Crippen LogP contribution in [-0.2, 0) is 15.1 Å². The zero-order valence-electron chi connectivity index (χ0n) is 12.0. The molecule has 0 aliphatic carbocycles. The van der Waals surface area contributed by atoms with E-state index < -0.39 is 11.4 Å². The molecule has 1 atom stereocenters. The van der Waals surface area contributed by atoms with Gasteiger partial charge < -0.3 is 14.2 Å². The third-order valence-electron chi connectivity index (χ3n) is 3.38. The highest BCUT2D eigenvalue weighted by molar-refractivity contribution is 5.34. The Morgan fingerprint density at radius 1 is 1.40 bits per heavy atom. The number of hydrogen-bond acceptors (Lipinski definition) is 3. The smallest absolute Gasteiger partial charge is 0.164 e. The minimum atomic E-state index is -0.678. The van der Waals surface area contributed by atoms with Crippen molar-refractivity contribution in [1.82, 2.24) is 0 Å². The van der Waals surface area contributed by atoms with Crippen molar-refractivity contribution in [2.24, 2.45) is 0 Å². The molecule has 1 saturated heterocycles. The van der Waals surface area contributed by atoms with Gasteiger partial charge in [-0.25, -0.2) is 4.39 Å². The first-order valence-corrected chi connectivity index (χ1v) is 6.62. The van der Waals surface area contributed by atoms with Crippen molar-refractivity contribution < 1.29 is 18.6 Å². The summed E-state index contributed by atoms with van der Waals surface area (Å²) < 4.78 is 30.7. The van der Waals surface area contributed by atoms with Crippen LogP contribution in [0.1, 0.15) is 32.8 Å². The Kier molecular flexibility index (Phi) is 4.03. The second kappa shape index (κ2) is 5.43. The van der Waals surface area contributed by atoms with Crippen LogP contribution in [0.15, 0.2) is 18.2 Å². The van der Waals surface area contributed by atoms with Crippen LogP contribution in [0, 0.1) is 18.2 Å². The van der Waals surface area contributed by atoms with Gasteiger partial charge in [0.05, 0.1) is 6.61 Å². The van der Waals surface area contributed by atoms with Crippen molar-refractivity contribution >= 4 is 0 Å². The Bertz CT molecular complexity index is 533. The minimum Gasteiger partial charge on any atom is -0.481 e. The molecule has 1 aromatic carbocycles. The summed E-state index contributed by atoms with van der Waals surface area (Å²) in [6, 6.07) is 4.52. The zero-order chi connectivity index (χ0) is 14.8. The van der Waals surface area contributed by atoms with E-state index in [1.165, 1.54) is 12.1 Å². The average Bonchev–Trinajstić information content (AvgIpc) is 2.73. The number of rotatable bonds is 4. The van der Waals surface area contributed by atoms with Crippen molar-refractivity contribution in [3.05, 3.63) is 29.6 Å². The lowest BCUT2D eigenvalue weighted by molar-refractivity contribution is -0.164. The maximum absolute atomic E-state index is 13.8. The van der Waals surface area contributed by atoms with E-state index in [0.29, 0.717) is 24.3 Å². The van der Waals surface area contributed by atoms with Gasteiger partial charge in [0.2, 0.25) is 0 Å². The van der Waals surface area contributed by atoms with Gasteiger partial charge >= 0.3 is 0 Å². The Morgan fingerprint density at radius 3 is 2.70 bits per heavy atom. The second-order valence-electron chi connectivity index (χ2n) is 5.31. The zero-order valence-corrected chi connectivity index (χ0v) is 12.0. The normalized spacial score (nSPS) is 24.4. The lowest BCUT2D eigenvalue weighted by Crippen LogP contribution is -2.31. The monoisotopic (exact) mass is 278 g/mol. The summed E-state index contributed by atoms with van der Waals surface area (Å²) in [4.78, 5) is 0. The van der Waals surface area contributed by atoms with Gasteiger partial charge in [-0.1, -0.05) is 12.8 Å². The van der Waals surface area contributed by atoms with Crippen LogP contribution in [0.3, 0.4) is 0 Å². The van der Waals surface area contributed by atoms with Crippen LogP contribution in [0.2, 0.25) is 0 Å². The number of hydrogen-bond donors (Lipinski definition) is 0. The van der Waals surface area contributed by atoms with Gasteiger partial charge in [-0.2, -0.15) is 0 Å². The summed E-state index contributed by atoms with van der Waals surface area (Å²) in [7, 11) is 0. The predicted octanol–water partition coefficient (Wildman–Crippen LogP) is 3.23. The van der Waals surface area contributed by atoms with Crippen LogP contribution in [0.5, 0.6) is 5.75 Å². The number of halogens is 1. The predicted molar refractivity (Wildman–Crippen MR) is 73.8 cm³/mol. The van der Waals surface area contributed by atoms with Crippen LogP contribution in [0.4, 0.5) is 4.39 Å². The van der Waals surface area contributed by atoms with E-state index in [1.54, 1.807) is 6.07 Å². The van der Waals surface area contributed by atoms with Gasteiger partial charge in [0.1, 0.15) is 23.8 Å². The van der Waals surface area contributed by atoms with Gasteiger partial charge in [0, 0.05) is 6.07 Å². The molecule has 4 heteroatoms. The maximum Gasteiger partial charge on any atom is 0.164 e. The summed E-state index contributed by atoms with van der Waals surface area (Å²) >= 11 is 0. The molecule has 0 radical (unpaired) electrons. The van der Waals surface area contributed by atoms with Crippen molar-refractivity contribution in [3.63, 3.8) is 0 Å². The quantitative estimate of drug-likeness (QED) is 0.791. The Balaban J connectivity index is 2.36. The van der Waals surface area contributed by atoms with Gasteiger partial charge in [0.15, 0.2) is 5.79 Å². The molecule has 1 aliphatic heterocycles. The van der Waals surface area contributed by atoms with Crippen LogP contribution >= 0.6 is 0 Å². The molecule has 20 heavy (non-hydrogen) atoms. The van der Waals surface area contributed by atoms with Crippen LogP contribution < -0.4 is 4.74 Å². The Labute approximate surface area is 119 Å². The fraction of sp³-hybridized carbons (Fsp3) is 0.500. The highest BCUT2D eigenvalue weighted by Crippen LogP contribution is 2.42. The van der Waals surface area contributed by atoms with Crippen molar-refractivity contribution in [3.8, 4) is 18.1 Å². The van der Waals surface area contributed by atoms with E-state index in [2.05, 4.69) is 5.92 Å². The van der Waals surface area contributed by atoms with Crippen molar-refractivity contribution in [2.45, 2.75) is 38.6 Å². The van der Waals surface area contributed by atoms with Gasteiger partial charge in [0.25, 0.3) is 0 Å². The first-order chi connectivity index (χ1) is 9.41. The molecule has 0 N–H and O–H groups in total. The SMILES string of the molecule is C#CCOc1cc(F)cc(C2(CC)COC(C)(C)O2)c1. The topological polar surface area (TPSA) is 27.7 Å². The fourth-order valence-corrected chi connectivity index (χ4v) is 2.37. The van der Waals surface area contributed by atoms with E-state index in [1.807, 2.05) is 20.8 Å². The van der Waals surface area contributed by atoms with Crippen LogP contribution in [0.25, 0.3) is 0 Å². The molecule has 1 unspecified atom stereocenters. The van der Waals surface area contributed by atoms with Crippen molar-refractivity contribution in [1.29, 1.82) is 0 Å². The minimum absolute atomic E-state index is 0.102. The van der Waals surface area contributed by atoms with Crippen molar-refractivity contribution in [2.75, 3.05) is 13.2 Å². The molecule has 1 heterocycles.